The summed E-state index contributed by atoms with van der Waals surface area (Å²) in [5.74, 6) is 1.67. The molecule has 3 heteroatoms. The van der Waals surface area contributed by atoms with Crippen LogP contribution in [-0.2, 0) is 10.8 Å². The van der Waals surface area contributed by atoms with Gasteiger partial charge in [-0.1, -0.05) is 19.8 Å². The number of hydrogen-bond acceptors (Lipinski definition) is 2. The molecular formula is C11H23NOS. The molecule has 2 unspecified atom stereocenters. The number of nitrogens with two attached hydrogens (primary N) is 1. The minimum absolute atomic E-state index is 0.348. The molecule has 2 N–H and O–H groups in total. The molecule has 0 aromatic rings. The van der Waals surface area contributed by atoms with Crippen molar-refractivity contribution in [3.8, 4) is 0 Å². The highest BCUT2D eigenvalue weighted by atomic mass is 32.2. The summed E-state index contributed by atoms with van der Waals surface area (Å²) in [7, 11) is -0.628. The molecule has 84 valence electrons. The maximum absolute atomic E-state index is 12.0. The minimum Gasteiger partial charge on any atom is -0.330 e. The molecule has 14 heavy (non-hydrogen) atoms. The Hall–Kier alpha value is 0.110. The van der Waals surface area contributed by atoms with E-state index in [2.05, 4.69) is 6.92 Å². The maximum Gasteiger partial charge on any atom is 0.0357 e. The van der Waals surface area contributed by atoms with Crippen LogP contribution >= 0.6 is 0 Å². The Morgan fingerprint density at radius 1 is 1.43 bits per heavy atom. The molecule has 0 saturated heterocycles. The summed E-state index contributed by atoms with van der Waals surface area (Å²) in [6.07, 6.45) is 7.22. The summed E-state index contributed by atoms with van der Waals surface area (Å²) < 4.78 is 12.0. The van der Waals surface area contributed by atoms with Crippen LogP contribution in [0, 0.1) is 5.92 Å². The molecule has 1 aliphatic rings. The van der Waals surface area contributed by atoms with Gasteiger partial charge in [0, 0.05) is 21.8 Å². The van der Waals surface area contributed by atoms with Crippen molar-refractivity contribution in [2.45, 2.75) is 50.7 Å². The third kappa shape index (κ3) is 3.70. The molecule has 0 heterocycles. The van der Waals surface area contributed by atoms with Crippen LogP contribution in [0.25, 0.3) is 0 Å². The molecule has 0 aliphatic heterocycles. The molecule has 0 aromatic carbocycles. The SMILES string of the molecule is CCC(CCN)S(=O)CC1CCCC1. The largest absolute Gasteiger partial charge is 0.330 e. The molecule has 0 amide bonds. The second-order valence-electron chi connectivity index (χ2n) is 4.31. The molecule has 2 nitrogen and oxygen atoms in total. The lowest BCUT2D eigenvalue weighted by Crippen LogP contribution is -2.23. The summed E-state index contributed by atoms with van der Waals surface area (Å²) in [6, 6.07) is 0. The maximum atomic E-state index is 12.0. The zero-order valence-electron chi connectivity index (χ0n) is 9.21. The van der Waals surface area contributed by atoms with Crippen LogP contribution in [-0.4, -0.2) is 21.8 Å². The van der Waals surface area contributed by atoms with Gasteiger partial charge >= 0.3 is 0 Å². The van der Waals surface area contributed by atoms with Gasteiger partial charge in [0.25, 0.3) is 0 Å². The van der Waals surface area contributed by atoms with Gasteiger partial charge in [-0.05, 0) is 38.1 Å². The normalized spacial score (nSPS) is 22.4. The average molecular weight is 217 g/mol. The second-order valence-corrected chi connectivity index (χ2v) is 6.07. The number of hydrogen-bond donors (Lipinski definition) is 1. The van der Waals surface area contributed by atoms with E-state index in [1.54, 1.807) is 0 Å². The first kappa shape index (κ1) is 12.2. The Balaban J connectivity index is 2.30. The predicted octanol–water partition coefficient (Wildman–Crippen LogP) is 2.05. The van der Waals surface area contributed by atoms with Gasteiger partial charge in [-0.25, -0.2) is 0 Å². The van der Waals surface area contributed by atoms with E-state index in [0.717, 1.165) is 24.5 Å². The van der Waals surface area contributed by atoms with Crippen molar-refractivity contribution in [2.75, 3.05) is 12.3 Å². The van der Waals surface area contributed by atoms with E-state index in [1.807, 2.05) is 0 Å². The highest BCUT2D eigenvalue weighted by molar-refractivity contribution is 7.85. The first-order chi connectivity index (χ1) is 6.77. The highest BCUT2D eigenvalue weighted by Crippen LogP contribution is 2.26. The van der Waals surface area contributed by atoms with Crippen molar-refractivity contribution < 1.29 is 4.21 Å². The van der Waals surface area contributed by atoms with Gasteiger partial charge in [0.1, 0.15) is 0 Å². The van der Waals surface area contributed by atoms with Crippen LogP contribution in [0.5, 0.6) is 0 Å². The van der Waals surface area contributed by atoms with Crippen molar-refractivity contribution in [3.05, 3.63) is 0 Å². The van der Waals surface area contributed by atoms with Crippen molar-refractivity contribution in [3.63, 3.8) is 0 Å². The van der Waals surface area contributed by atoms with Crippen LogP contribution in [0.2, 0.25) is 0 Å². The first-order valence-corrected chi connectivity index (χ1v) is 7.23. The quantitative estimate of drug-likeness (QED) is 0.740. The van der Waals surface area contributed by atoms with Crippen LogP contribution in [0.4, 0.5) is 0 Å². The zero-order chi connectivity index (χ0) is 10.4. The van der Waals surface area contributed by atoms with Crippen molar-refractivity contribution in [2.24, 2.45) is 11.7 Å². The summed E-state index contributed by atoms with van der Waals surface area (Å²) in [5, 5.41) is 0.348. The third-order valence-electron chi connectivity index (χ3n) is 3.19. The third-order valence-corrected chi connectivity index (χ3v) is 5.30. The Labute approximate surface area is 90.1 Å². The Bertz CT molecular complexity index is 178. The Kier molecular flexibility index (Phi) is 5.71. The number of rotatable bonds is 6. The van der Waals surface area contributed by atoms with Gasteiger partial charge in [-0.3, -0.25) is 4.21 Å². The molecule has 2 atom stereocenters. The van der Waals surface area contributed by atoms with E-state index in [9.17, 15) is 4.21 Å². The molecule has 0 aromatic heterocycles. The van der Waals surface area contributed by atoms with Crippen LogP contribution in [0.1, 0.15) is 45.4 Å². The van der Waals surface area contributed by atoms with Gasteiger partial charge in [-0.2, -0.15) is 0 Å². The van der Waals surface area contributed by atoms with Crippen molar-refractivity contribution in [1.82, 2.24) is 0 Å². The summed E-state index contributed by atoms with van der Waals surface area (Å²) in [5.41, 5.74) is 5.52. The molecule has 1 saturated carbocycles. The van der Waals surface area contributed by atoms with E-state index >= 15 is 0 Å². The molecule has 0 spiro atoms. The molecule has 1 aliphatic carbocycles. The van der Waals surface area contributed by atoms with Gasteiger partial charge < -0.3 is 5.73 Å². The highest BCUT2D eigenvalue weighted by Gasteiger charge is 2.21. The van der Waals surface area contributed by atoms with E-state index in [0.29, 0.717) is 11.8 Å². The predicted molar refractivity (Wildman–Crippen MR) is 62.7 cm³/mol. The van der Waals surface area contributed by atoms with Crippen molar-refractivity contribution in [1.29, 1.82) is 0 Å². The monoisotopic (exact) mass is 217 g/mol. The van der Waals surface area contributed by atoms with Crippen LogP contribution in [0.3, 0.4) is 0 Å². The summed E-state index contributed by atoms with van der Waals surface area (Å²) in [6.45, 7) is 2.79. The average Bonchev–Trinajstić information content (AvgIpc) is 2.66. The lowest BCUT2D eigenvalue weighted by atomic mass is 10.1. The Morgan fingerprint density at radius 3 is 2.57 bits per heavy atom. The summed E-state index contributed by atoms with van der Waals surface area (Å²) >= 11 is 0. The van der Waals surface area contributed by atoms with Crippen LogP contribution < -0.4 is 5.73 Å². The van der Waals surface area contributed by atoms with Gasteiger partial charge in [0.05, 0.1) is 0 Å². The fourth-order valence-electron chi connectivity index (χ4n) is 2.25. The molecule has 1 fully saturated rings. The zero-order valence-corrected chi connectivity index (χ0v) is 10.0. The molecular weight excluding hydrogens is 194 g/mol. The fraction of sp³-hybridized carbons (Fsp3) is 1.00. The second kappa shape index (κ2) is 6.57. The van der Waals surface area contributed by atoms with E-state index in [1.165, 1.54) is 25.7 Å². The first-order valence-electron chi connectivity index (χ1n) is 5.85. The fourth-order valence-corrected chi connectivity index (χ4v) is 4.09. The van der Waals surface area contributed by atoms with Crippen molar-refractivity contribution >= 4 is 10.8 Å². The minimum atomic E-state index is -0.628. The van der Waals surface area contributed by atoms with E-state index < -0.39 is 10.8 Å². The molecule has 0 bridgehead atoms. The smallest absolute Gasteiger partial charge is 0.0357 e. The lowest BCUT2D eigenvalue weighted by Gasteiger charge is -2.16. The molecule has 0 radical (unpaired) electrons. The van der Waals surface area contributed by atoms with Gasteiger partial charge in [0.15, 0.2) is 0 Å². The van der Waals surface area contributed by atoms with E-state index in [-0.39, 0.29) is 0 Å². The lowest BCUT2D eigenvalue weighted by molar-refractivity contribution is 0.592. The summed E-state index contributed by atoms with van der Waals surface area (Å²) in [4.78, 5) is 0. The van der Waals surface area contributed by atoms with Gasteiger partial charge in [-0.15, -0.1) is 0 Å². The standard InChI is InChI=1S/C11H23NOS/c1-2-11(7-8-12)14(13)9-10-5-3-4-6-10/h10-11H,2-9,12H2,1H3. The van der Waals surface area contributed by atoms with E-state index in [4.69, 9.17) is 5.73 Å². The Morgan fingerprint density at radius 2 is 2.07 bits per heavy atom. The van der Waals surface area contributed by atoms with Crippen LogP contribution in [0.15, 0.2) is 0 Å². The molecule has 1 rings (SSSR count). The van der Waals surface area contributed by atoms with Gasteiger partial charge in [0.2, 0.25) is 0 Å². The topological polar surface area (TPSA) is 43.1 Å².